The zero-order chi connectivity index (χ0) is 34.1. The molecule has 1 aromatic heterocycles. The summed E-state index contributed by atoms with van der Waals surface area (Å²) >= 11 is 0. The van der Waals surface area contributed by atoms with E-state index in [1.165, 1.54) is 29.5 Å². The number of rotatable bonds is 14. The molecule has 2 aromatic carbocycles. The van der Waals surface area contributed by atoms with Gasteiger partial charge in [0.05, 0.1) is 12.1 Å². The molecule has 48 heavy (non-hydrogen) atoms. The molecule has 8 heteroatoms. The molecule has 4 atom stereocenters. The first-order valence-corrected chi connectivity index (χ1v) is 17.9. The van der Waals surface area contributed by atoms with Crippen LogP contribution in [0.1, 0.15) is 87.2 Å². The summed E-state index contributed by atoms with van der Waals surface area (Å²) in [7, 11) is 0. The number of β-amino-alcohol motifs (C(OH)–C–C–N with tert-alkyl or cyclic N) is 1. The predicted octanol–water partition coefficient (Wildman–Crippen LogP) is 5.24. The third-order valence-corrected chi connectivity index (χ3v) is 9.62. The van der Waals surface area contributed by atoms with E-state index in [-0.39, 0.29) is 23.4 Å². The number of aliphatic hydroxyl groups is 1. The summed E-state index contributed by atoms with van der Waals surface area (Å²) < 4.78 is 0. The van der Waals surface area contributed by atoms with E-state index in [2.05, 4.69) is 56.6 Å². The minimum Gasteiger partial charge on any atom is -0.392 e. The van der Waals surface area contributed by atoms with Gasteiger partial charge in [0.25, 0.3) is 0 Å². The number of hydrogen-bond donors (Lipinski definition) is 3. The lowest BCUT2D eigenvalue weighted by Crippen LogP contribution is -2.61. The highest BCUT2D eigenvalue weighted by atomic mass is 16.3. The van der Waals surface area contributed by atoms with Crippen molar-refractivity contribution in [3.05, 3.63) is 101 Å². The van der Waals surface area contributed by atoms with Crippen LogP contribution < -0.4 is 10.6 Å². The summed E-state index contributed by atoms with van der Waals surface area (Å²) in [4.78, 5) is 36.2. The Balaban J connectivity index is 1.27. The molecule has 5 rings (SSSR count). The van der Waals surface area contributed by atoms with Crippen molar-refractivity contribution in [1.82, 2.24) is 25.4 Å². The lowest BCUT2D eigenvalue weighted by Gasteiger charge is -2.42. The summed E-state index contributed by atoms with van der Waals surface area (Å²) in [5.41, 5.74) is 5.75. The highest BCUT2D eigenvalue weighted by Crippen LogP contribution is 2.33. The second-order valence-electron chi connectivity index (χ2n) is 14.9. The molecule has 1 saturated heterocycles. The summed E-state index contributed by atoms with van der Waals surface area (Å²) in [6, 6.07) is 20.4. The fraction of sp³-hybridized carbons (Fsp3) is 0.525. The van der Waals surface area contributed by atoms with Crippen LogP contribution in [0.25, 0.3) is 0 Å². The van der Waals surface area contributed by atoms with Gasteiger partial charge in [-0.2, -0.15) is 0 Å². The maximum Gasteiger partial charge on any atom is 0.239 e. The number of aryl methyl sites for hydroxylation is 2. The van der Waals surface area contributed by atoms with Crippen LogP contribution in [-0.4, -0.2) is 75.6 Å². The minimum atomic E-state index is -0.767. The van der Waals surface area contributed by atoms with Gasteiger partial charge in [0.1, 0.15) is 6.04 Å². The van der Waals surface area contributed by atoms with Crippen LogP contribution in [0.3, 0.4) is 0 Å². The Morgan fingerprint density at radius 1 is 1.02 bits per heavy atom. The van der Waals surface area contributed by atoms with E-state index in [0.29, 0.717) is 39.0 Å². The van der Waals surface area contributed by atoms with Crippen molar-refractivity contribution >= 4 is 11.8 Å². The Labute approximate surface area is 287 Å². The molecule has 258 valence electrons. The second-order valence-corrected chi connectivity index (χ2v) is 14.9. The Hall–Kier alpha value is -3.59. The third-order valence-electron chi connectivity index (χ3n) is 9.62. The number of fused-ring (bicyclic) bond motifs is 1. The second kappa shape index (κ2) is 16.7. The van der Waals surface area contributed by atoms with Gasteiger partial charge < -0.3 is 15.7 Å². The van der Waals surface area contributed by atoms with Gasteiger partial charge in [0.15, 0.2) is 0 Å². The molecule has 0 radical (unpaired) electrons. The number of carbonyl (C=O) groups is 2. The van der Waals surface area contributed by atoms with Crippen molar-refractivity contribution < 1.29 is 14.7 Å². The molecule has 1 unspecified atom stereocenters. The molecule has 0 spiro atoms. The molecule has 2 amide bonds. The predicted molar refractivity (Wildman–Crippen MR) is 191 cm³/mol. The monoisotopic (exact) mass is 653 g/mol. The molecule has 8 nitrogen and oxygen atoms in total. The minimum absolute atomic E-state index is 0.0125. The molecular weight excluding hydrogens is 598 g/mol. The number of unbranched alkanes of at least 4 members (excludes halogenated alkanes) is 1. The molecular formula is C40H55N5O3. The Morgan fingerprint density at radius 3 is 2.54 bits per heavy atom. The largest absolute Gasteiger partial charge is 0.392 e. The first-order valence-electron chi connectivity index (χ1n) is 17.9. The van der Waals surface area contributed by atoms with Crippen molar-refractivity contribution in [3.8, 4) is 0 Å². The number of carbonyl (C=O) groups excluding carboxylic acids is 2. The zero-order valence-corrected chi connectivity index (χ0v) is 29.3. The standard InChI is InChI=1S/C40H55N5O3/c1-5-6-11-30-15-17-35-32(22-30)16-18-36(35)42-38(47)33(23-29-12-8-7-9-13-29)24-34(46)27-45-21-20-44(26-31-14-10-19-41-25-31)28-37(45)39(48)43-40(2,3)4/h7-10,12-15,17,19,22,25,33-34,36-37,46H,5-6,11,16,18,20-21,23-24,26-28H2,1-4H3,(H,42,47)(H,43,48)/t33?,34-,36+,37-/m0/s1. The average molecular weight is 654 g/mol. The fourth-order valence-corrected chi connectivity index (χ4v) is 7.19. The Kier molecular flexibility index (Phi) is 12.4. The highest BCUT2D eigenvalue weighted by Gasteiger charge is 2.36. The number of nitrogens with one attached hydrogen (secondary N) is 2. The van der Waals surface area contributed by atoms with Gasteiger partial charge in [0, 0.05) is 56.6 Å². The maximum absolute atomic E-state index is 14.0. The van der Waals surface area contributed by atoms with Crippen molar-refractivity contribution in [2.45, 2.75) is 103 Å². The number of aromatic nitrogens is 1. The molecule has 1 aliphatic carbocycles. The molecule has 3 aromatic rings. The average Bonchev–Trinajstić information content (AvgIpc) is 3.45. The molecule has 1 fully saturated rings. The van der Waals surface area contributed by atoms with Gasteiger partial charge >= 0.3 is 0 Å². The van der Waals surface area contributed by atoms with Crippen molar-refractivity contribution in [2.24, 2.45) is 5.92 Å². The number of aliphatic hydroxyl groups excluding tert-OH is 1. The van der Waals surface area contributed by atoms with Crippen LogP contribution in [-0.2, 0) is 35.4 Å². The molecule has 0 bridgehead atoms. The van der Waals surface area contributed by atoms with E-state index in [9.17, 15) is 14.7 Å². The number of hydrogen-bond acceptors (Lipinski definition) is 6. The first kappa shape index (κ1) is 35.7. The van der Waals surface area contributed by atoms with E-state index in [0.717, 1.165) is 36.9 Å². The summed E-state index contributed by atoms with van der Waals surface area (Å²) in [6.07, 6.45) is 9.06. The third kappa shape index (κ3) is 10.2. The fourth-order valence-electron chi connectivity index (χ4n) is 7.19. The summed E-state index contributed by atoms with van der Waals surface area (Å²) in [5.74, 6) is -0.458. The molecule has 2 heterocycles. The number of amides is 2. The van der Waals surface area contributed by atoms with Crippen LogP contribution in [0, 0.1) is 5.92 Å². The van der Waals surface area contributed by atoms with E-state index < -0.39 is 18.1 Å². The van der Waals surface area contributed by atoms with Crippen LogP contribution in [0.15, 0.2) is 73.1 Å². The Morgan fingerprint density at radius 2 is 1.81 bits per heavy atom. The topological polar surface area (TPSA) is 97.8 Å². The van der Waals surface area contributed by atoms with Gasteiger partial charge in [-0.15, -0.1) is 0 Å². The van der Waals surface area contributed by atoms with E-state index in [1.807, 2.05) is 63.4 Å². The normalized spacial score (nSPS) is 19.8. The van der Waals surface area contributed by atoms with Crippen LogP contribution in [0.5, 0.6) is 0 Å². The van der Waals surface area contributed by atoms with Gasteiger partial charge in [-0.05, 0) is 93.2 Å². The number of piperazine rings is 1. The van der Waals surface area contributed by atoms with Crippen molar-refractivity contribution in [1.29, 1.82) is 0 Å². The number of pyridine rings is 1. The van der Waals surface area contributed by atoms with Gasteiger partial charge in [0.2, 0.25) is 11.8 Å². The molecule has 2 aliphatic rings. The van der Waals surface area contributed by atoms with Crippen molar-refractivity contribution in [2.75, 3.05) is 26.2 Å². The molecule has 0 saturated carbocycles. The summed E-state index contributed by atoms with van der Waals surface area (Å²) in [5, 5.41) is 18.1. The quantitative estimate of drug-likeness (QED) is 0.220. The van der Waals surface area contributed by atoms with Crippen LogP contribution in [0.4, 0.5) is 0 Å². The van der Waals surface area contributed by atoms with E-state index in [4.69, 9.17) is 0 Å². The first-order chi connectivity index (χ1) is 23.1. The highest BCUT2D eigenvalue weighted by molar-refractivity contribution is 5.83. The van der Waals surface area contributed by atoms with Crippen LogP contribution in [0.2, 0.25) is 0 Å². The maximum atomic E-state index is 14.0. The molecule has 1 aliphatic heterocycles. The van der Waals surface area contributed by atoms with Crippen molar-refractivity contribution in [3.63, 3.8) is 0 Å². The van der Waals surface area contributed by atoms with E-state index in [1.54, 1.807) is 6.20 Å². The number of nitrogens with zero attached hydrogens (tertiary/aromatic N) is 3. The zero-order valence-electron chi connectivity index (χ0n) is 29.3. The number of benzene rings is 2. The SMILES string of the molecule is CCCCc1ccc2c(c1)CC[C@H]2NC(=O)C(Cc1ccccc1)C[C@H](O)CN1CCN(Cc2cccnc2)C[C@H]1C(=O)NC(C)(C)C. The molecule has 3 N–H and O–H groups in total. The lowest BCUT2D eigenvalue weighted by molar-refractivity contribution is -0.132. The Bertz CT molecular complexity index is 1480. The summed E-state index contributed by atoms with van der Waals surface area (Å²) in [6.45, 7) is 11.2. The van der Waals surface area contributed by atoms with Gasteiger partial charge in [-0.25, -0.2) is 0 Å². The van der Waals surface area contributed by atoms with Gasteiger partial charge in [-0.3, -0.25) is 24.4 Å². The van der Waals surface area contributed by atoms with Crippen LogP contribution >= 0.6 is 0 Å². The smallest absolute Gasteiger partial charge is 0.239 e. The van der Waals surface area contributed by atoms with Gasteiger partial charge in [-0.1, -0.05) is 67.9 Å². The van der Waals surface area contributed by atoms with E-state index >= 15 is 0 Å². The lowest BCUT2D eigenvalue weighted by atomic mass is 9.91.